The van der Waals surface area contributed by atoms with Crippen molar-refractivity contribution in [2.24, 2.45) is 0 Å². The van der Waals surface area contributed by atoms with Crippen molar-refractivity contribution in [2.75, 3.05) is 25.4 Å². The quantitative estimate of drug-likeness (QED) is 0.786. The molecule has 9 heteroatoms. The van der Waals surface area contributed by atoms with E-state index in [0.717, 1.165) is 23.6 Å². The molecule has 2 fully saturated rings. The van der Waals surface area contributed by atoms with Crippen molar-refractivity contribution in [2.45, 2.75) is 31.2 Å². The van der Waals surface area contributed by atoms with Gasteiger partial charge >= 0.3 is 6.09 Å². The summed E-state index contributed by atoms with van der Waals surface area (Å²) >= 11 is 2.70. The second-order valence-corrected chi connectivity index (χ2v) is 8.06. The van der Waals surface area contributed by atoms with Crippen LogP contribution in [-0.2, 0) is 9.53 Å². The Balaban J connectivity index is 1.52. The summed E-state index contributed by atoms with van der Waals surface area (Å²) in [5, 5.41) is 5.38. The number of rotatable bonds is 4. The molecule has 1 N–H and O–H groups in total. The van der Waals surface area contributed by atoms with Gasteiger partial charge in [0, 0.05) is 30.1 Å². The van der Waals surface area contributed by atoms with Crippen molar-refractivity contribution in [1.29, 1.82) is 0 Å². The maximum atomic E-state index is 12.3. The Morgan fingerprint density at radius 1 is 1.38 bits per heavy atom. The van der Waals surface area contributed by atoms with Crippen LogP contribution in [-0.4, -0.2) is 58.5 Å². The van der Waals surface area contributed by atoms with Crippen molar-refractivity contribution in [3.8, 4) is 12.3 Å². The zero-order valence-corrected chi connectivity index (χ0v) is 15.7. The third-order valence-electron chi connectivity index (χ3n) is 4.38. The second kappa shape index (κ2) is 8.56. The maximum absolute atomic E-state index is 12.3. The topological polar surface area (TPSA) is 88.6 Å². The molecule has 0 spiro atoms. The SMILES string of the molecule is C#CCOC(=O)N1CCC(c2nc(C(=O)NC3CCSC3=O)cs2)CC1. The number of thiazole rings is 1. The van der Waals surface area contributed by atoms with E-state index in [0.29, 0.717) is 25.2 Å². The van der Waals surface area contributed by atoms with Crippen LogP contribution in [0.15, 0.2) is 5.38 Å². The van der Waals surface area contributed by atoms with E-state index in [1.165, 1.54) is 23.1 Å². The molecule has 0 aliphatic carbocycles. The molecule has 1 aromatic rings. The molecule has 0 aromatic carbocycles. The van der Waals surface area contributed by atoms with E-state index < -0.39 is 6.04 Å². The van der Waals surface area contributed by atoms with Gasteiger partial charge < -0.3 is 15.0 Å². The summed E-state index contributed by atoms with van der Waals surface area (Å²) in [5.41, 5.74) is 0.352. The first-order valence-electron chi connectivity index (χ1n) is 8.36. The molecule has 26 heavy (non-hydrogen) atoms. The third kappa shape index (κ3) is 4.37. The van der Waals surface area contributed by atoms with Crippen LogP contribution in [0.1, 0.15) is 40.7 Å². The Morgan fingerprint density at radius 2 is 2.15 bits per heavy atom. The monoisotopic (exact) mass is 393 g/mol. The number of thioether (sulfide) groups is 1. The summed E-state index contributed by atoms with van der Waals surface area (Å²) in [4.78, 5) is 41.8. The number of carbonyl (C=O) groups excluding carboxylic acids is 3. The fraction of sp³-hybridized carbons (Fsp3) is 0.529. The molecule has 7 nitrogen and oxygen atoms in total. The Kier molecular flexibility index (Phi) is 6.16. The smallest absolute Gasteiger partial charge is 0.410 e. The summed E-state index contributed by atoms with van der Waals surface area (Å²) in [5.74, 6) is 2.93. The molecule has 0 saturated carbocycles. The van der Waals surface area contributed by atoms with Gasteiger partial charge in [0.2, 0.25) is 5.12 Å². The summed E-state index contributed by atoms with van der Waals surface area (Å²) < 4.78 is 4.93. The first kappa shape index (κ1) is 18.7. The van der Waals surface area contributed by atoms with Gasteiger partial charge in [0.05, 0.1) is 11.0 Å². The van der Waals surface area contributed by atoms with Gasteiger partial charge in [0.25, 0.3) is 5.91 Å². The number of carbonyl (C=O) groups is 3. The molecule has 3 rings (SSSR count). The lowest BCUT2D eigenvalue weighted by molar-refractivity contribution is -0.112. The lowest BCUT2D eigenvalue weighted by Gasteiger charge is -2.30. The first-order chi connectivity index (χ1) is 12.6. The largest absolute Gasteiger partial charge is 0.436 e. The molecule has 3 heterocycles. The highest BCUT2D eigenvalue weighted by molar-refractivity contribution is 8.14. The average Bonchev–Trinajstić information content (AvgIpc) is 3.29. The molecule has 2 aliphatic rings. The number of likely N-dealkylation sites (tertiary alicyclic amines) is 1. The van der Waals surface area contributed by atoms with Crippen LogP contribution in [0.3, 0.4) is 0 Å². The Bertz CT molecular complexity index is 735. The molecule has 1 unspecified atom stereocenters. The highest BCUT2D eigenvalue weighted by Crippen LogP contribution is 2.30. The zero-order valence-electron chi connectivity index (χ0n) is 14.1. The molecule has 2 saturated heterocycles. The van der Waals surface area contributed by atoms with Gasteiger partial charge in [-0.3, -0.25) is 9.59 Å². The van der Waals surface area contributed by atoms with E-state index in [1.807, 2.05) is 0 Å². The van der Waals surface area contributed by atoms with Crippen LogP contribution in [0.5, 0.6) is 0 Å². The molecule has 138 valence electrons. The molecule has 2 aliphatic heterocycles. The summed E-state index contributed by atoms with van der Waals surface area (Å²) in [6.45, 7) is 1.12. The number of ether oxygens (including phenoxy) is 1. The lowest BCUT2D eigenvalue weighted by Crippen LogP contribution is -2.38. The van der Waals surface area contributed by atoms with E-state index >= 15 is 0 Å². The van der Waals surface area contributed by atoms with Gasteiger partial charge in [-0.2, -0.15) is 0 Å². The predicted octanol–water partition coefficient (Wildman–Crippen LogP) is 1.85. The average molecular weight is 393 g/mol. The van der Waals surface area contributed by atoms with Gasteiger partial charge in [0.1, 0.15) is 5.69 Å². The van der Waals surface area contributed by atoms with Crippen molar-refractivity contribution in [3.63, 3.8) is 0 Å². The van der Waals surface area contributed by atoms with Gasteiger partial charge in [-0.05, 0) is 19.3 Å². The van der Waals surface area contributed by atoms with Crippen LogP contribution >= 0.6 is 23.1 Å². The number of amides is 2. The van der Waals surface area contributed by atoms with Crippen molar-refractivity contribution in [3.05, 3.63) is 16.1 Å². The minimum atomic E-state index is -0.407. The van der Waals surface area contributed by atoms with Crippen LogP contribution in [0, 0.1) is 12.3 Å². The zero-order chi connectivity index (χ0) is 18.5. The lowest BCUT2D eigenvalue weighted by atomic mass is 9.98. The van der Waals surface area contributed by atoms with Gasteiger partial charge in [-0.15, -0.1) is 17.8 Å². The molecular formula is C17H19N3O4S2. The molecule has 1 atom stereocenters. The highest BCUT2D eigenvalue weighted by Gasteiger charge is 2.29. The highest BCUT2D eigenvalue weighted by atomic mass is 32.2. The Morgan fingerprint density at radius 3 is 2.81 bits per heavy atom. The Labute approximate surface area is 159 Å². The minimum Gasteiger partial charge on any atom is -0.436 e. The number of aromatic nitrogens is 1. The van der Waals surface area contributed by atoms with Crippen LogP contribution in [0.2, 0.25) is 0 Å². The second-order valence-electron chi connectivity index (χ2n) is 6.07. The summed E-state index contributed by atoms with van der Waals surface area (Å²) in [7, 11) is 0. The van der Waals surface area contributed by atoms with E-state index in [4.69, 9.17) is 11.2 Å². The first-order valence-corrected chi connectivity index (χ1v) is 10.2. The number of piperidine rings is 1. The van der Waals surface area contributed by atoms with Crippen molar-refractivity contribution in [1.82, 2.24) is 15.2 Å². The molecular weight excluding hydrogens is 374 g/mol. The van der Waals surface area contributed by atoms with E-state index in [1.54, 1.807) is 10.3 Å². The molecule has 2 amide bonds. The molecule has 0 bridgehead atoms. The number of nitrogens with one attached hydrogen (secondary N) is 1. The van der Waals surface area contributed by atoms with Crippen molar-refractivity contribution >= 4 is 40.2 Å². The van der Waals surface area contributed by atoms with Crippen LogP contribution in [0.25, 0.3) is 0 Å². The third-order valence-corrected chi connectivity index (χ3v) is 6.39. The van der Waals surface area contributed by atoms with Crippen LogP contribution in [0.4, 0.5) is 4.79 Å². The van der Waals surface area contributed by atoms with Crippen LogP contribution < -0.4 is 5.32 Å². The summed E-state index contributed by atoms with van der Waals surface area (Å²) in [6.07, 6.45) is 6.89. The van der Waals surface area contributed by atoms with Gasteiger partial charge in [0.15, 0.2) is 6.61 Å². The number of terminal acetylenes is 1. The minimum absolute atomic E-state index is 0.0119. The Hall–Kier alpha value is -2.05. The fourth-order valence-corrected chi connectivity index (χ4v) is 4.85. The standard InChI is InChI=1S/C17H19N3O4S2/c1-2-8-24-17(23)20-6-3-11(4-7-20)15-19-13(10-26-15)14(21)18-12-5-9-25-16(12)22/h1,10-12H,3-9H2,(H,18,21). The summed E-state index contributed by atoms with van der Waals surface area (Å²) in [6, 6.07) is -0.407. The predicted molar refractivity (Wildman–Crippen MR) is 99.2 cm³/mol. The van der Waals surface area contributed by atoms with E-state index in [-0.39, 0.29) is 29.6 Å². The molecule has 1 aromatic heterocycles. The van der Waals surface area contributed by atoms with Gasteiger partial charge in [-0.1, -0.05) is 17.7 Å². The van der Waals surface area contributed by atoms with Gasteiger partial charge in [-0.25, -0.2) is 9.78 Å². The maximum Gasteiger partial charge on any atom is 0.410 e. The number of nitrogens with zero attached hydrogens (tertiary/aromatic N) is 2. The van der Waals surface area contributed by atoms with Crippen molar-refractivity contribution < 1.29 is 19.1 Å². The number of hydrogen-bond donors (Lipinski definition) is 1. The van der Waals surface area contributed by atoms with E-state index in [9.17, 15) is 14.4 Å². The van der Waals surface area contributed by atoms with E-state index in [2.05, 4.69) is 16.2 Å². The normalized spacial score (nSPS) is 20.7. The fourth-order valence-electron chi connectivity index (χ4n) is 2.94. The number of hydrogen-bond acceptors (Lipinski definition) is 7. The molecule has 0 radical (unpaired) electrons.